The van der Waals surface area contributed by atoms with E-state index in [0.29, 0.717) is 18.1 Å². The summed E-state index contributed by atoms with van der Waals surface area (Å²) in [7, 11) is 0.929. The van der Waals surface area contributed by atoms with Crippen molar-refractivity contribution >= 4 is 21.6 Å². The van der Waals surface area contributed by atoms with Gasteiger partial charge < -0.3 is 9.80 Å². The van der Waals surface area contributed by atoms with Crippen molar-refractivity contribution in [2.45, 2.75) is 45.1 Å². The minimum absolute atomic E-state index is 0.143. The first-order valence-corrected chi connectivity index (χ1v) is 12.4. The Kier molecular flexibility index (Phi) is 4.68. The van der Waals surface area contributed by atoms with Crippen LogP contribution in [0.4, 0.5) is 11.8 Å². The molecule has 0 saturated carbocycles. The van der Waals surface area contributed by atoms with Gasteiger partial charge in [-0.3, -0.25) is 0 Å². The average Bonchev–Trinajstić information content (AvgIpc) is 3.41. The molecule has 3 aliphatic rings. The van der Waals surface area contributed by atoms with E-state index in [9.17, 15) is 8.42 Å². The topological polar surface area (TPSA) is 110 Å². The van der Waals surface area contributed by atoms with Crippen molar-refractivity contribution in [1.82, 2.24) is 30.2 Å². The monoisotopic (exact) mass is 432 g/mol. The number of tetrazole rings is 1. The van der Waals surface area contributed by atoms with Crippen molar-refractivity contribution in [3.05, 3.63) is 17.1 Å². The third kappa shape index (κ3) is 3.52. The smallest absolute Gasteiger partial charge is 0.227 e. The summed E-state index contributed by atoms with van der Waals surface area (Å²) in [6.07, 6.45) is 5.73. The highest BCUT2D eigenvalue weighted by molar-refractivity contribution is 7.91. The predicted octanol–water partition coefficient (Wildman–Crippen LogP) is 0.530. The Bertz CT molecular complexity index is 1070. The minimum Gasteiger partial charge on any atom is -0.352 e. The molecule has 162 valence electrons. The second-order valence-electron chi connectivity index (χ2n) is 9.07. The van der Waals surface area contributed by atoms with Crippen LogP contribution in [0.2, 0.25) is 0 Å². The van der Waals surface area contributed by atoms with Crippen LogP contribution in [0.1, 0.15) is 42.8 Å². The zero-order valence-electron chi connectivity index (χ0n) is 17.6. The number of hydrogen-bond acceptors (Lipinski definition) is 9. The number of anilines is 2. The fourth-order valence-corrected chi connectivity index (χ4v) is 7.41. The maximum absolute atomic E-state index is 12.1. The number of rotatable bonds is 4. The summed E-state index contributed by atoms with van der Waals surface area (Å²) < 4.78 is 26.0. The third-order valence-corrected chi connectivity index (χ3v) is 8.64. The maximum Gasteiger partial charge on any atom is 0.227 e. The molecule has 1 aliphatic carbocycles. The van der Waals surface area contributed by atoms with E-state index in [1.807, 2.05) is 14.1 Å². The van der Waals surface area contributed by atoms with Crippen LogP contribution in [-0.2, 0) is 36.3 Å². The summed E-state index contributed by atoms with van der Waals surface area (Å²) in [6, 6.07) is 0. The van der Waals surface area contributed by atoms with E-state index in [1.165, 1.54) is 5.56 Å². The zero-order chi connectivity index (χ0) is 20.9. The van der Waals surface area contributed by atoms with E-state index in [-0.39, 0.29) is 5.41 Å². The number of fused-ring (bicyclic) bond motifs is 1. The molecule has 10 nitrogen and oxygen atoms in total. The molecule has 2 aliphatic heterocycles. The molecule has 0 N–H and O–H groups in total. The van der Waals surface area contributed by atoms with Gasteiger partial charge in [0.05, 0.1) is 23.7 Å². The molecule has 2 aromatic rings. The van der Waals surface area contributed by atoms with Crippen molar-refractivity contribution in [1.29, 1.82) is 0 Å². The molecule has 1 unspecified atom stereocenters. The molecule has 0 bridgehead atoms. The van der Waals surface area contributed by atoms with Gasteiger partial charge in [-0.15, -0.1) is 5.10 Å². The van der Waals surface area contributed by atoms with Crippen molar-refractivity contribution < 1.29 is 8.42 Å². The quantitative estimate of drug-likeness (QED) is 0.683. The largest absolute Gasteiger partial charge is 0.352 e. The first kappa shape index (κ1) is 19.7. The van der Waals surface area contributed by atoms with Crippen LogP contribution in [0.25, 0.3) is 0 Å². The number of aryl methyl sites for hydroxylation is 2. The van der Waals surface area contributed by atoms with E-state index in [0.717, 1.165) is 74.9 Å². The van der Waals surface area contributed by atoms with Gasteiger partial charge in [0.15, 0.2) is 15.7 Å². The Labute approximate surface area is 176 Å². The molecule has 2 fully saturated rings. The lowest BCUT2D eigenvalue weighted by Crippen LogP contribution is -2.45. The first-order valence-electron chi connectivity index (χ1n) is 10.6. The molecule has 30 heavy (non-hydrogen) atoms. The van der Waals surface area contributed by atoms with E-state index in [2.05, 4.69) is 25.3 Å². The van der Waals surface area contributed by atoms with Gasteiger partial charge in [0, 0.05) is 38.2 Å². The molecule has 0 amide bonds. The van der Waals surface area contributed by atoms with Crippen LogP contribution in [0.15, 0.2) is 0 Å². The first-order chi connectivity index (χ1) is 14.3. The number of sulfone groups is 1. The minimum atomic E-state index is -2.92. The molecule has 0 radical (unpaired) electrons. The summed E-state index contributed by atoms with van der Waals surface area (Å²) in [5.74, 6) is 3.06. The standard InChI is InChI=1S/C19H28N8O2S/c1-25(11-16-22-23-24-26(16)2)17-14-5-3-6-15(14)20-18(21-17)27-9-4-7-19(12-27)8-10-30(28,29)13-19/h3-13H2,1-2H3. The van der Waals surface area contributed by atoms with Crippen LogP contribution in [0, 0.1) is 5.41 Å². The highest BCUT2D eigenvalue weighted by Crippen LogP contribution is 2.41. The lowest BCUT2D eigenvalue weighted by atomic mass is 9.80. The molecule has 0 aromatic carbocycles. The van der Waals surface area contributed by atoms with Crippen molar-refractivity contribution in [2.24, 2.45) is 12.5 Å². The fraction of sp³-hybridized carbons (Fsp3) is 0.737. The van der Waals surface area contributed by atoms with Crippen LogP contribution in [0.5, 0.6) is 0 Å². The van der Waals surface area contributed by atoms with Crippen LogP contribution in [-0.4, -0.2) is 70.2 Å². The molecule has 11 heteroatoms. The van der Waals surface area contributed by atoms with Gasteiger partial charge in [-0.25, -0.2) is 18.1 Å². The van der Waals surface area contributed by atoms with E-state index in [1.54, 1.807) is 4.68 Å². The molecule has 1 spiro atoms. The third-order valence-electron chi connectivity index (χ3n) is 6.76. The molecule has 1 atom stereocenters. The lowest BCUT2D eigenvalue weighted by molar-refractivity contribution is 0.268. The van der Waals surface area contributed by atoms with Gasteiger partial charge in [0.25, 0.3) is 0 Å². The molecule has 5 rings (SSSR count). The number of nitrogens with zero attached hydrogens (tertiary/aromatic N) is 8. The highest BCUT2D eigenvalue weighted by atomic mass is 32.2. The average molecular weight is 433 g/mol. The van der Waals surface area contributed by atoms with E-state index < -0.39 is 9.84 Å². The van der Waals surface area contributed by atoms with Gasteiger partial charge in [-0.1, -0.05) is 0 Å². The van der Waals surface area contributed by atoms with Crippen LogP contribution in [0.3, 0.4) is 0 Å². The number of piperidine rings is 1. The van der Waals surface area contributed by atoms with Gasteiger partial charge in [-0.05, 0) is 49.0 Å². The summed E-state index contributed by atoms with van der Waals surface area (Å²) in [4.78, 5) is 14.2. The summed E-state index contributed by atoms with van der Waals surface area (Å²) in [5, 5.41) is 11.7. The fourth-order valence-electron chi connectivity index (χ4n) is 5.21. The summed E-state index contributed by atoms with van der Waals surface area (Å²) in [5.41, 5.74) is 2.19. The Balaban J connectivity index is 1.45. The predicted molar refractivity (Wildman–Crippen MR) is 112 cm³/mol. The molecular formula is C19H28N8O2S. The van der Waals surface area contributed by atoms with Gasteiger partial charge in [-0.2, -0.15) is 4.98 Å². The van der Waals surface area contributed by atoms with Crippen molar-refractivity contribution in [2.75, 3.05) is 41.4 Å². The second kappa shape index (κ2) is 7.14. The number of aromatic nitrogens is 6. The SMILES string of the molecule is CN(Cc1nnnn1C)c1nc(N2CCCC3(CCS(=O)(=O)C3)C2)nc2c1CCC2. The molecule has 2 saturated heterocycles. The lowest BCUT2D eigenvalue weighted by Gasteiger charge is -2.40. The van der Waals surface area contributed by atoms with Crippen LogP contribution < -0.4 is 9.80 Å². The molecular weight excluding hydrogens is 404 g/mol. The van der Waals surface area contributed by atoms with Crippen molar-refractivity contribution in [3.8, 4) is 0 Å². The zero-order valence-corrected chi connectivity index (χ0v) is 18.4. The van der Waals surface area contributed by atoms with Crippen molar-refractivity contribution in [3.63, 3.8) is 0 Å². The second-order valence-corrected chi connectivity index (χ2v) is 11.3. The van der Waals surface area contributed by atoms with Gasteiger partial charge >= 0.3 is 0 Å². The Morgan fingerprint density at radius 1 is 1.17 bits per heavy atom. The Hall–Kier alpha value is -2.30. The Morgan fingerprint density at radius 2 is 2.03 bits per heavy atom. The highest BCUT2D eigenvalue weighted by Gasteiger charge is 2.45. The van der Waals surface area contributed by atoms with Gasteiger partial charge in [0.2, 0.25) is 5.95 Å². The van der Waals surface area contributed by atoms with Gasteiger partial charge in [0.1, 0.15) is 5.82 Å². The summed E-state index contributed by atoms with van der Waals surface area (Å²) in [6.45, 7) is 2.16. The molecule has 2 aromatic heterocycles. The Morgan fingerprint density at radius 3 is 2.77 bits per heavy atom. The normalized spacial score (nSPS) is 25.1. The van der Waals surface area contributed by atoms with E-state index >= 15 is 0 Å². The maximum atomic E-state index is 12.1. The van der Waals surface area contributed by atoms with E-state index in [4.69, 9.17) is 9.97 Å². The molecule has 4 heterocycles. The summed E-state index contributed by atoms with van der Waals surface area (Å²) >= 11 is 0. The van der Waals surface area contributed by atoms with Crippen LogP contribution >= 0.6 is 0 Å². The number of hydrogen-bond donors (Lipinski definition) is 0.